The van der Waals surface area contributed by atoms with Crippen LogP contribution in [0.3, 0.4) is 0 Å². The van der Waals surface area contributed by atoms with Crippen molar-refractivity contribution < 1.29 is 28.6 Å². The molecular weight excluding hydrogens is 1010 g/mol. The minimum Gasteiger partial charge on any atom is -0.462 e. The van der Waals surface area contributed by atoms with Gasteiger partial charge in [0.1, 0.15) is 13.2 Å². The van der Waals surface area contributed by atoms with Gasteiger partial charge in [0.15, 0.2) is 6.10 Å². The summed E-state index contributed by atoms with van der Waals surface area (Å²) in [5.74, 6) is -0.870. The molecule has 6 heteroatoms. The first-order chi connectivity index (χ1) is 40.5. The summed E-state index contributed by atoms with van der Waals surface area (Å²) in [5.41, 5.74) is 0. The zero-order valence-corrected chi connectivity index (χ0v) is 54.2. The van der Waals surface area contributed by atoms with Crippen LogP contribution < -0.4 is 0 Å². The normalized spacial score (nSPS) is 12.7. The van der Waals surface area contributed by atoms with Gasteiger partial charge in [0, 0.05) is 19.3 Å². The van der Waals surface area contributed by atoms with E-state index in [9.17, 15) is 14.4 Å². The summed E-state index contributed by atoms with van der Waals surface area (Å²) in [6.07, 6.45) is 94.5. The maximum Gasteiger partial charge on any atom is 0.306 e. The van der Waals surface area contributed by atoms with E-state index in [-0.39, 0.29) is 31.1 Å². The van der Waals surface area contributed by atoms with Crippen LogP contribution in [0.15, 0.2) is 97.2 Å². The lowest BCUT2D eigenvalue weighted by atomic mass is 10.0. The summed E-state index contributed by atoms with van der Waals surface area (Å²) in [7, 11) is 0. The summed E-state index contributed by atoms with van der Waals surface area (Å²) in [5, 5.41) is 0. The second-order valence-electron chi connectivity index (χ2n) is 23.4. The molecule has 0 spiro atoms. The average Bonchev–Trinajstić information content (AvgIpc) is 3.47. The van der Waals surface area contributed by atoms with Crippen LogP contribution in [0.1, 0.15) is 348 Å². The lowest BCUT2D eigenvalue weighted by Gasteiger charge is -2.18. The molecule has 0 N–H and O–H groups in total. The molecule has 6 nitrogen and oxygen atoms in total. The Hall–Kier alpha value is -3.67. The monoisotopic (exact) mass is 1140 g/mol. The minimum atomic E-state index is -0.777. The Bertz CT molecular complexity index is 1590. The molecule has 0 radical (unpaired) electrons. The molecular formula is C76H132O6. The van der Waals surface area contributed by atoms with Crippen LogP contribution in [0.5, 0.6) is 0 Å². The van der Waals surface area contributed by atoms with Gasteiger partial charge in [-0.3, -0.25) is 14.4 Å². The number of hydrogen-bond donors (Lipinski definition) is 0. The van der Waals surface area contributed by atoms with Crippen molar-refractivity contribution in [3.63, 3.8) is 0 Å². The van der Waals surface area contributed by atoms with E-state index >= 15 is 0 Å². The van der Waals surface area contributed by atoms with E-state index < -0.39 is 6.10 Å². The fourth-order valence-electron chi connectivity index (χ4n) is 10.1. The van der Waals surface area contributed by atoms with Crippen molar-refractivity contribution in [2.24, 2.45) is 0 Å². The van der Waals surface area contributed by atoms with E-state index in [1.807, 2.05) is 0 Å². The van der Waals surface area contributed by atoms with E-state index in [1.165, 1.54) is 205 Å². The van der Waals surface area contributed by atoms with E-state index in [2.05, 4.69) is 118 Å². The van der Waals surface area contributed by atoms with Crippen molar-refractivity contribution in [1.82, 2.24) is 0 Å². The molecule has 1 unspecified atom stereocenters. The maximum atomic E-state index is 12.9. The third-order valence-electron chi connectivity index (χ3n) is 15.3. The molecule has 0 amide bonds. The van der Waals surface area contributed by atoms with Gasteiger partial charge in [-0.25, -0.2) is 0 Å². The first kappa shape index (κ1) is 78.3. The SMILES string of the molecule is CC/C=C\C/C=C\C/C=C\C/C=C\C/C=C\C/C=C\CCCCCCCCCCCCC(=O)OCC(COC(=O)CCCCCCCCCC)OC(=O)CCCCCCCCCCCCCCCCC/C=C\C/C=C\CCCCCCC. The van der Waals surface area contributed by atoms with Crippen LogP contribution in [0.25, 0.3) is 0 Å². The molecule has 0 heterocycles. The number of unbranched alkanes of at least 4 members (excludes halogenated alkanes) is 37. The summed E-state index contributed by atoms with van der Waals surface area (Å²) in [4.78, 5) is 38.3. The molecule has 472 valence electrons. The highest BCUT2D eigenvalue weighted by Gasteiger charge is 2.19. The highest BCUT2D eigenvalue weighted by Crippen LogP contribution is 2.17. The second kappa shape index (κ2) is 69.8. The zero-order chi connectivity index (χ0) is 59.2. The van der Waals surface area contributed by atoms with Gasteiger partial charge in [-0.15, -0.1) is 0 Å². The molecule has 0 saturated carbocycles. The van der Waals surface area contributed by atoms with Crippen molar-refractivity contribution >= 4 is 17.9 Å². The topological polar surface area (TPSA) is 78.9 Å². The summed E-state index contributed by atoms with van der Waals surface area (Å²) < 4.78 is 16.9. The number of hydrogen-bond acceptors (Lipinski definition) is 6. The van der Waals surface area contributed by atoms with Gasteiger partial charge in [-0.05, 0) is 103 Å². The second-order valence-corrected chi connectivity index (χ2v) is 23.4. The van der Waals surface area contributed by atoms with E-state index in [4.69, 9.17) is 14.2 Å². The Morgan fingerprint density at radius 3 is 0.744 bits per heavy atom. The van der Waals surface area contributed by atoms with Crippen molar-refractivity contribution in [3.05, 3.63) is 97.2 Å². The van der Waals surface area contributed by atoms with Crippen LogP contribution >= 0.6 is 0 Å². The molecule has 0 aliphatic carbocycles. The van der Waals surface area contributed by atoms with Gasteiger partial charge in [-0.1, -0.05) is 323 Å². The number of allylic oxidation sites excluding steroid dienone is 16. The van der Waals surface area contributed by atoms with Crippen LogP contribution in [0.2, 0.25) is 0 Å². The van der Waals surface area contributed by atoms with Gasteiger partial charge in [-0.2, -0.15) is 0 Å². The largest absolute Gasteiger partial charge is 0.462 e. The van der Waals surface area contributed by atoms with Gasteiger partial charge < -0.3 is 14.2 Å². The van der Waals surface area contributed by atoms with Crippen molar-refractivity contribution in [2.75, 3.05) is 13.2 Å². The Morgan fingerprint density at radius 2 is 0.476 bits per heavy atom. The molecule has 82 heavy (non-hydrogen) atoms. The zero-order valence-electron chi connectivity index (χ0n) is 54.2. The molecule has 0 aliphatic heterocycles. The Labute approximate surface area is 508 Å². The number of carbonyl (C=O) groups is 3. The maximum absolute atomic E-state index is 12.9. The van der Waals surface area contributed by atoms with Gasteiger partial charge in [0.05, 0.1) is 0 Å². The number of esters is 3. The predicted molar refractivity (Wildman–Crippen MR) is 357 cm³/mol. The summed E-state index contributed by atoms with van der Waals surface area (Å²) in [6, 6.07) is 0. The Morgan fingerprint density at radius 1 is 0.256 bits per heavy atom. The molecule has 0 aliphatic rings. The molecule has 0 fully saturated rings. The molecule has 0 rings (SSSR count). The van der Waals surface area contributed by atoms with E-state index in [0.29, 0.717) is 19.3 Å². The third-order valence-corrected chi connectivity index (χ3v) is 15.3. The van der Waals surface area contributed by atoms with Crippen LogP contribution in [0.4, 0.5) is 0 Å². The minimum absolute atomic E-state index is 0.0751. The van der Waals surface area contributed by atoms with Crippen molar-refractivity contribution in [3.8, 4) is 0 Å². The molecule has 0 aromatic heterocycles. The highest BCUT2D eigenvalue weighted by molar-refractivity contribution is 5.71. The van der Waals surface area contributed by atoms with Crippen LogP contribution in [-0.4, -0.2) is 37.2 Å². The molecule has 1 atom stereocenters. The Balaban J connectivity index is 4.13. The smallest absolute Gasteiger partial charge is 0.306 e. The van der Waals surface area contributed by atoms with Crippen molar-refractivity contribution in [1.29, 1.82) is 0 Å². The number of carbonyl (C=O) groups excluding carboxylic acids is 3. The fraction of sp³-hybridized carbons (Fsp3) is 0.750. The van der Waals surface area contributed by atoms with Gasteiger partial charge in [0.25, 0.3) is 0 Å². The number of ether oxygens (including phenoxy) is 3. The fourth-order valence-corrected chi connectivity index (χ4v) is 10.1. The lowest BCUT2D eigenvalue weighted by Crippen LogP contribution is -2.30. The van der Waals surface area contributed by atoms with Gasteiger partial charge >= 0.3 is 17.9 Å². The molecule has 0 saturated heterocycles. The standard InChI is InChI=1S/C76H132O6/c1-4-7-10-13-16-19-21-23-25-27-29-31-33-35-37-38-40-41-43-45-47-49-51-53-55-57-60-63-66-69-75(78)81-72-73(71-80-74(77)68-65-62-59-18-15-12-9-6-3)82-76(79)70-67-64-61-58-56-54-52-50-48-46-44-42-39-36-34-32-30-28-26-24-22-20-17-14-11-8-5-2/h7,10,16,19,22-25,28-31,35,37,40-41,73H,4-6,8-9,11-15,17-18,20-21,26-27,32-34,36,38-39,42-72H2,1-3H3/b10-7-,19-16-,24-22-,25-23-,30-28-,31-29-,37-35-,41-40-. The van der Waals surface area contributed by atoms with Gasteiger partial charge in [0.2, 0.25) is 0 Å². The predicted octanol–water partition coefficient (Wildman–Crippen LogP) is 24.4. The summed E-state index contributed by atoms with van der Waals surface area (Å²) >= 11 is 0. The third kappa shape index (κ3) is 67.1. The molecule has 0 bridgehead atoms. The van der Waals surface area contributed by atoms with Crippen LogP contribution in [0, 0.1) is 0 Å². The lowest BCUT2D eigenvalue weighted by molar-refractivity contribution is -0.167. The Kier molecular flexibility index (Phi) is 66.7. The highest BCUT2D eigenvalue weighted by atomic mass is 16.6. The quantitative estimate of drug-likeness (QED) is 0.0261. The molecule has 0 aromatic rings. The molecule has 0 aromatic carbocycles. The summed E-state index contributed by atoms with van der Waals surface area (Å²) in [6.45, 7) is 6.52. The average molecular weight is 1140 g/mol. The van der Waals surface area contributed by atoms with Crippen molar-refractivity contribution in [2.45, 2.75) is 354 Å². The first-order valence-corrected chi connectivity index (χ1v) is 35.2. The van der Waals surface area contributed by atoms with Crippen LogP contribution in [-0.2, 0) is 28.6 Å². The van der Waals surface area contributed by atoms with E-state index in [0.717, 1.165) is 103 Å². The van der Waals surface area contributed by atoms with E-state index in [1.54, 1.807) is 0 Å². The number of rotatable bonds is 64. The first-order valence-electron chi connectivity index (χ1n) is 35.2.